The topological polar surface area (TPSA) is 84.5 Å². The van der Waals surface area contributed by atoms with Crippen molar-refractivity contribution in [2.24, 2.45) is 0 Å². The maximum Gasteiger partial charge on any atom is 0.321 e. The summed E-state index contributed by atoms with van der Waals surface area (Å²) in [7, 11) is 0. The fourth-order valence-electron chi connectivity index (χ4n) is 2.36. The summed E-state index contributed by atoms with van der Waals surface area (Å²) in [6.07, 6.45) is -0.525. The number of urea groups is 1. The standard InChI is InChI=1S/C20H22N2O4/c1-2-21-20(25)22-19(24)18(16-11-7-4-8-12-16)26-17(23)14-13-15-9-5-3-6-10-15/h3-12,18H,2,13-14H2,1H3,(H2,21,22,24,25)/t18-/m0/s1. The van der Waals surface area contributed by atoms with Crippen LogP contribution in [0.25, 0.3) is 0 Å². The van der Waals surface area contributed by atoms with Crippen LogP contribution in [0, 0.1) is 0 Å². The second-order valence-corrected chi connectivity index (χ2v) is 5.61. The number of esters is 1. The summed E-state index contributed by atoms with van der Waals surface area (Å²) in [6, 6.07) is 17.5. The van der Waals surface area contributed by atoms with Crippen molar-refractivity contribution in [3.63, 3.8) is 0 Å². The van der Waals surface area contributed by atoms with E-state index in [1.807, 2.05) is 30.3 Å². The van der Waals surface area contributed by atoms with Gasteiger partial charge in [0.15, 0.2) is 0 Å². The lowest BCUT2D eigenvalue weighted by Gasteiger charge is -2.17. The van der Waals surface area contributed by atoms with E-state index in [9.17, 15) is 14.4 Å². The van der Waals surface area contributed by atoms with Gasteiger partial charge in [-0.3, -0.25) is 14.9 Å². The Balaban J connectivity index is 2.02. The van der Waals surface area contributed by atoms with Gasteiger partial charge in [0.2, 0.25) is 6.10 Å². The van der Waals surface area contributed by atoms with Crippen LogP contribution in [0.5, 0.6) is 0 Å². The van der Waals surface area contributed by atoms with Crippen molar-refractivity contribution < 1.29 is 19.1 Å². The van der Waals surface area contributed by atoms with Crippen LogP contribution in [0.4, 0.5) is 4.79 Å². The smallest absolute Gasteiger partial charge is 0.321 e. The number of carbonyl (C=O) groups is 3. The van der Waals surface area contributed by atoms with Gasteiger partial charge in [-0.15, -0.1) is 0 Å². The minimum absolute atomic E-state index is 0.141. The van der Waals surface area contributed by atoms with E-state index in [4.69, 9.17) is 4.74 Å². The van der Waals surface area contributed by atoms with E-state index >= 15 is 0 Å². The summed E-state index contributed by atoms with van der Waals surface area (Å²) in [4.78, 5) is 36.2. The molecule has 0 aromatic heterocycles. The predicted molar refractivity (Wildman–Crippen MR) is 97.3 cm³/mol. The molecular weight excluding hydrogens is 332 g/mol. The van der Waals surface area contributed by atoms with Crippen LogP contribution in [0.1, 0.15) is 30.6 Å². The van der Waals surface area contributed by atoms with Crippen molar-refractivity contribution in [3.8, 4) is 0 Å². The second-order valence-electron chi connectivity index (χ2n) is 5.61. The highest BCUT2D eigenvalue weighted by Gasteiger charge is 2.26. The Morgan fingerprint density at radius 3 is 2.19 bits per heavy atom. The molecule has 26 heavy (non-hydrogen) atoms. The SMILES string of the molecule is CCNC(=O)NC(=O)[C@@H](OC(=O)CCc1ccccc1)c1ccccc1. The molecule has 2 rings (SSSR count). The molecule has 136 valence electrons. The lowest BCUT2D eigenvalue weighted by Crippen LogP contribution is -2.42. The van der Waals surface area contributed by atoms with E-state index < -0.39 is 24.0 Å². The quantitative estimate of drug-likeness (QED) is 0.749. The number of benzene rings is 2. The highest BCUT2D eigenvalue weighted by Crippen LogP contribution is 2.19. The number of rotatable bonds is 7. The van der Waals surface area contributed by atoms with Crippen LogP contribution in [0.2, 0.25) is 0 Å². The largest absolute Gasteiger partial charge is 0.447 e. The van der Waals surface area contributed by atoms with E-state index in [1.54, 1.807) is 37.3 Å². The van der Waals surface area contributed by atoms with E-state index in [2.05, 4.69) is 10.6 Å². The van der Waals surface area contributed by atoms with E-state index in [0.29, 0.717) is 18.5 Å². The first kappa shape index (κ1) is 19.2. The average molecular weight is 354 g/mol. The highest BCUT2D eigenvalue weighted by atomic mass is 16.5. The van der Waals surface area contributed by atoms with Gasteiger partial charge in [-0.25, -0.2) is 4.79 Å². The first-order chi connectivity index (χ1) is 12.6. The van der Waals surface area contributed by atoms with Gasteiger partial charge in [-0.1, -0.05) is 60.7 Å². The molecule has 0 saturated carbocycles. The first-order valence-corrected chi connectivity index (χ1v) is 8.47. The fraction of sp³-hybridized carbons (Fsp3) is 0.250. The molecule has 0 aliphatic rings. The molecule has 6 nitrogen and oxygen atoms in total. The molecule has 3 amide bonds. The van der Waals surface area contributed by atoms with Crippen molar-refractivity contribution in [2.45, 2.75) is 25.9 Å². The molecule has 0 aliphatic carbocycles. The van der Waals surface area contributed by atoms with Gasteiger partial charge in [0.05, 0.1) is 0 Å². The van der Waals surface area contributed by atoms with Gasteiger partial charge in [0, 0.05) is 18.5 Å². The lowest BCUT2D eigenvalue weighted by molar-refractivity contribution is -0.156. The van der Waals surface area contributed by atoms with Crippen molar-refractivity contribution in [1.29, 1.82) is 0 Å². The zero-order valence-electron chi connectivity index (χ0n) is 14.6. The van der Waals surface area contributed by atoms with Crippen molar-refractivity contribution >= 4 is 17.9 Å². The van der Waals surface area contributed by atoms with E-state index in [-0.39, 0.29) is 6.42 Å². The van der Waals surface area contributed by atoms with Crippen molar-refractivity contribution in [1.82, 2.24) is 10.6 Å². The maximum atomic E-state index is 12.4. The molecular formula is C20H22N2O4. The van der Waals surface area contributed by atoms with Crippen LogP contribution >= 0.6 is 0 Å². The zero-order valence-corrected chi connectivity index (χ0v) is 14.6. The van der Waals surface area contributed by atoms with Crippen LogP contribution in [-0.2, 0) is 20.7 Å². The number of ether oxygens (including phenoxy) is 1. The Morgan fingerprint density at radius 1 is 0.962 bits per heavy atom. The van der Waals surface area contributed by atoms with Gasteiger partial charge in [-0.2, -0.15) is 0 Å². The summed E-state index contributed by atoms with van der Waals surface area (Å²) in [6.45, 7) is 2.12. The van der Waals surface area contributed by atoms with Crippen LogP contribution in [0.3, 0.4) is 0 Å². The molecule has 1 atom stereocenters. The number of carbonyl (C=O) groups excluding carboxylic acids is 3. The molecule has 0 saturated heterocycles. The Labute approximate surface area is 152 Å². The van der Waals surface area contributed by atoms with E-state index in [1.165, 1.54) is 0 Å². The van der Waals surface area contributed by atoms with Gasteiger partial charge in [-0.05, 0) is 18.9 Å². The number of aryl methyl sites for hydroxylation is 1. The summed E-state index contributed by atoms with van der Waals surface area (Å²) in [5.41, 5.74) is 1.51. The second kappa shape index (κ2) is 9.98. The lowest BCUT2D eigenvalue weighted by atomic mass is 10.1. The molecule has 0 heterocycles. The molecule has 2 aromatic carbocycles. The molecule has 2 aromatic rings. The number of amides is 3. The molecule has 0 aliphatic heterocycles. The molecule has 0 radical (unpaired) electrons. The van der Waals surface area contributed by atoms with Crippen molar-refractivity contribution in [2.75, 3.05) is 6.54 Å². The monoisotopic (exact) mass is 354 g/mol. The van der Waals surface area contributed by atoms with Crippen LogP contribution in [0.15, 0.2) is 60.7 Å². The predicted octanol–water partition coefficient (Wildman–Crippen LogP) is 2.75. The Hall–Kier alpha value is -3.15. The Morgan fingerprint density at radius 2 is 1.58 bits per heavy atom. The van der Waals surface area contributed by atoms with Crippen LogP contribution < -0.4 is 10.6 Å². The molecule has 0 unspecified atom stereocenters. The molecule has 0 bridgehead atoms. The van der Waals surface area contributed by atoms with Crippen molar-refractivity contribution in [3.05, 3.63) is 71.8 Å². The summed E-state index contributed by atoms with van der Waals surface area (Å²) >= 11 is 0. The minimum Gasteiger partial charge on any atom is -0.447 e. The van der Waals surface area contributed by atoms with Gasteiger partial charge in [0.1, 0.15) is 0 Å². The molecule has 0 fully saturated rings. The molecule has 6 heteroatoms. The van der Waals surface area contributed by atoms with Gasteiger partial charge in [0.25, 0.3) is 5.91 Å². The number of hydrogen-bond acceptors (Lipinski definition) is 4. The van der Waals surface area contributed by atoms with Gasteiger partial charge >= 0.3 is 12.0 Å². The van der Waals surface area contributed by atoms with E-state index in [0.717, 1.165) is 5.56 Å². The fourth-order valence-corrected chi connectivity index (χ4v) is 2.36. The Bertz CT molecular complexity index is 732. The summed E-state index contributed by atoms with van der Waals surface area (Å²) in [5, 5.41) is 4.66. The molecule has 0 spiro atoms. The third kappa shape index (κ3) is 6.05. The number of nitrogens with one attached hydrogen (secondary N) is 2. The number of imide groups is 1. The molecule has 2 N–H and O–H groups in total. The number of hydrogen-bond donors (Lipinski definition) is 2. The first-order valence-electron chi connectivity index (χ1n) is 8.47. The highest BCUT2D eigenvalue weighted by molar-refractivity contribution is 5.97. The normalized spacial score (nSPS) is 11.3. The third-order valence-electron chi connectivity index (χ3n) is 3.62. The van der Waals surface area contributed by atoms with Gasteiger partial charge < -0.3 is 10.1 Å². The summed E-state index contributed by atoms with van der Waals surface area (Å²) in [5.74, 6) is -1.19. The summed E-state index contributed by atoms with van der Waals surface area (Å²) < 4.78 is 5.37. The Kier molecular flexibility index (Phi) is 7.36. The minimum atomic E-state index is -1.18. The van der Waals surface area contributed by atoms with Crippen LogP contribution in [-0.4, -0.2) is 24.5 Å². The zero-order chi connectivity index (χ0) is 18.8. The average Bonchev–Trinajstić information content (AvgIpc) is 2.66. The third-order valence-corrected chi connectivity index (χ3v) is 3.62. The maximum absolute atomic E-state index is 12.4.